The molecule has 1 aliphatic rings. The number of piperidine rings is 1. The molecule has 0 aliphatic carbocycles. The maximum Gasteiger partial charge on any atom is 0.279 e. The summed E-state index contributed by atoms with van der Waals surface area (Å²) in [7, 11) is -0.481. The second kappa shape index (κ2) is 8.60. The molecule has 1 aromatic carbocycles. The average molecular weight is 424 g/mol. The molecule has 2 aromatic rings. The van der Waals surface area contributed by atoms with E-state index in [-0.39, 0.29) is 11.3 Å². The highest BCUT2D eigenvalue weighted by molar-refractivity contribution is 7.87. The number of methoxy groups -OCH3 is 1. The van der Waals surface area contributed by atoms with Crippen molar-refractivity contribution >= 4 is 27.5 Å². The molecule has 3 rings (SSSR count). The van der Waals surface area contributed by atoms with Crippen molar-refractivity contribution in [1.82, 2.24) is 14.3 Å². The Labute approximate surface area is 169 Å². The van der Waals surface area contributed by atoms with Crippen LogP contribution in [0.1, 0.15) is 28.1 Å². The molecule has 1 amide bonds. The van der Waals surface area contributed by atoms with Crippen molar-refractivity contribution in [3.8, 4) is 5.75 Å². The van der Waals surface area contributed by atoms with Gasteiger partial charge in [-0.25, -0.2) is 4.72 Å². The quantitative estimate of drug-likeness (QED) is 0.713. The van der Waals surface area contributed by atoms with Crippen LogP contribution in [0.4, 0.5) is 0 Å². The number of hydrogen-bond donors (Lipinski definition) is 2. The molecule has 152 valence electrons. The molecule has 1 aromatic heterocycles. The van der Waals surface area contributed by atoms with E-state index in [0.29, 0.717) is 43.8 Å². The van der Waals surface area contributed by atoms with Gasteiger partial charge in [0.15, 0.2) is 0 Å². The third-order valence-electron chi connectivity index (χ3n) is 5.26. The van der Waals surface area contributed by atoms with Crippen molar-refractivity contribution < 1.29 is 17.9 Å². The molecule has 0 bridgehead atoms. The molecule has 1 saturated heterocycles. The number of amides is 1. The first-order valence-corrected chi connectivity index (χ1v) is 11.4. The van der Waals surface area contributed by atoms with Crippen molar-refractivity contribution in [1.29, 1.82) is 0 Å². The lowest BCUT2D eigenvalue weighted by Crippen LogP contribution is -2.51. The number of nitrogens with one attached hydrogen (secondary N) is 2. The van der Waals surface area contributed by atoms with Gasteiger partial charge in [0.25, 0.3) is 16.1 Å². The summed E-state index contributed by atoms with van der Waals surface area (Å²) >= 11 is 1.64. The van der Waals surface area contributed by atoms with Crippen LogP contribution < -0.4 is 14.8 Å². The van der Waals surface area contributed by atoms with E-state index in [1.165, 1.54) is 18.5 Å². The van der Waals surface area contributed by atoms with E-state index in [4.69, 9.17) is 4.74 Å². The number of carbonyl (C=O) groups is 1. The minimum absolute atomic E-state index is 0.196. The van der Waals surface area contributed by atoms with Crippen molar-refractivity contribution in [3.63, 3.8) is 0 Å². The Balaban J connectivity index is 1.77. The minimum atomic E-state index is -3.44. The zero-order valence-electron chi connectivity index (χ0n) is 16.0. The number of ether oxygens (including phenoxy) is 1. The number of benzene rings is 1. The molecule has 28 heavy (non-hydrogen) atoms. The molecule has 0 saturated carbocycles. The summed E-state index contributed by atoms with van der Waals surface area (Å²) in [6, 6.07) is 11.1. The zero-order chi connectivity index (χ0) is 20.2. The highest BCUT2D eigenvalue weighted by Gasteiger charge is 2.40. The summed E-state index contributed by atoms with van der Waals surface area (Å²) in [6.45, 7) is 1.26. The summed E-state index contributed by atoms with van der Waals surface area (Å²) < 4.78 is 33.3. The van der Waals surface area contributed by atoms with E-state index in [0.717, 1.165) is 4.88 Å². The number of carbonyl (C=O) groups excluding carboxylic acids is 1. The lowest BCUT2D eigenvalue weighted by Gasteiger charge is -2.40. The lowest BCUT2D eigenvalue weighted by molar-refractivity contribution is 0.0930. The van der Waals surface area contributed by atoms with E-state index in [2.05, 4.69) is 16.1 Å². The molecule has 0 atom stereocenters. The third kappa shape index (κ3) is 4.22. The predicted molar refractivity (Wildman–Crippen MR) is 110 cm³/mol. The maximum atomic E-state index is 12.7. The van der Waals surface area contributed by atoms with E-state index >= 15 is 0 Å². The van der Waals surface area contributed by atoms with Crippen LogP contribution in [0, 0.1) is 0 Å². The van der Waals surface area contributed by atoms with E-state index in [1.54, 1.807) is 29.5 Å². The molecule has 1 aliphatic heterocycles. The first-order valence-electron chi connectivity index (χ1n) is 9.06. The SMILES string of the molecule is CNS(=O)(=O)N1CCC(CNC(=O)c2ccccc2OC)(c2cccs2)CC1. The topological polar surface area (TPSA) is 87.7 Å². The summed E-state index contributed by atoms with van der Waals surface area (Å²) in [5.74, 6) is 0.332. The van der Waals surface area contributed by atoms with Crippen molar-refractivity contribution in [2.75, 3.05) is 33.8 Å². The van der Waals surface area contributed by atoms with E-state index in [1.807, 2.05) is 17.5 Å². The van der Waals surface area contributed by atoms with Gasteiger partial charge in [-0.15, -0.1) is 11.3 Å². The van der Waals surface area contributed by atoms with Gasteiger partial charge in [0.2, 0.25) is 0 Å². The summed E-state index contributed by atoms with van der Waals surface area (Å²) in [5.41, 5.74) is 0.201. The molecule has 1 fully saturated rings. The maximum absolute atomic E-state index is 12.7. The van der Waals surface area contributed by atoms with Gasteiger partial charge in [-0.05, 0) is 36.4 Å². The Morgan fingerprint density at radius 3 is 2.54 bits per heavy atom. The third-order valence-corrected chi connectivity index (χ3v) is 7.94. The van der Waals surface area contributed by atoms with E-state index in [9.17, 15) is 13.2 Å². The Morgan fingerprint density at radius 1 is 1.21 bits per heavy atom. The fourth-order valence-corrected chi connectivity index (χ4v) is 5.46. The Bertz CT molecular complexity index is 905. The van der Waals surface area contributed by atoms with Crippen LogP contribution in [-0.2, 0) is 15.6 Å². The van der Waals surface area contributed by atoms with Crippen molar-refractivity contribution in [2.24, 2.45) is 0 Å². The van der Waals surface area contributed by atoms with Crippen LogP contribution in [0.25, 0.3) is 0 Å². The zero-order valence-corrected chi connectivity index (χ0v) is 17.6. The van der Waals surface area contributed by atoms with Crippen LogP contribution in [0.3, 0.4) is 0 Å². The molecule has 2 heterocycles. The largest absolute Gasteiger partial charge is 0.496 e. The fourth-order valence-electron chi connectivity index (χ4n) is 3.55. The summed E-state index contributed by atoms with van der Waals surface area (Å²) in [6.07, 6.45) is 1.28. The van der Waals surface area contributed by atoms with Gasteiger partial charge in [-0.1, -0.05) is 18.2 Å². The molecule has 0 radical (unpaired) electrons. The number of nitrogens with zero attached hydrogens (tertiary/aromatic N) is 1. The van der Waals surface area contributed by atoms with Gasteiger partial charge in [-0.2, -0.15) is 12.7 Å². The first kappa shape index (κ1) is 20.8. The van der Waals surface area contributed by atoms with Gasteiger partial charge in [0.1, 0.15) is 5.75 Å². The molecule has 2 N–H and O–H groups in total. The van der Waals surface area contributed by atoms with Gasteiger partial charge < -0.3 is 10.1 Å². The Hall–Kier alpha value is -1.94. The minimum Gasteiger partial charge on any atom is -0.496 e. The second-order valence-electron chi connectivity index (χ2n) is 6.75. The predicted octanol–water partition coefficient (Wildman–Crippen LogP) is 1.98. The normalized spacial score (nSPS) is 17.2. The monoisotopic (exact) mass is 423 g/mol. The van der Waals surface area contributed by atoms with Gasteiger partial charge in [0, 0.05) is 37.0 Å². The van der Waals surface area contributed by atoms with Crippen molar-refractivity contribution in [2.45, 2.75) is 18.3 Å². The van der Waals surface area contributed by atoms with Gasteiger partial charge >= 0.3 is 0 Å². The van der Waals surface area contributed by atoms with Crippen LogP contribution >= 0.6 is 11.3 Å². The highest BCUT2D eigenvalue weighted by Crippen LogP contribution is 2.38. The van der Waals surface area contributed by atoms with Crippen LogP contribution in [0.5, 0.6) is 5.75 Å². The molecular formula is C19H25N3O4S2. The molecule has 9 heteroatoms. The summed E-state index contributed by atoms with van der Waals surface area (Å²) in [5, 5.41) is 5.05. The number of para-hydroxylation sites is 1. The average Bonchev–Trinajstić information content (AvgIpc) is 3.28. The van der Waals surface area contributed by atoms with Gasteiger partial charge in [0.05, 0.1) is 12.7 Å². The first-order chi connectivity index (χ1) is 13.4. The highest BCUT2D eigenvalue weighted by atomic mass is 32.2. The van der Waals surface area contributed by atoms with Crippen LogP contribution in [0.15, 0.2) is 41.8 Å². The molecular weight excluding hydrogens is 398 g/mol. The number of thiophene rings is 1. The molecule has 7 nitrogen and oxygen atoms in total. The number of rotatable bonds is 7. The molecule has 0 spiro atoms. The number of hydrogen-bond acceptors (Lipinski definition) is 5. The molecule has 0 unspecified atom stereocenters. The van der Waals surface area contributed by atoms with E-state index < -0.39 is 10.2 Å². The Kier molecular flexibility index (Phi) is 6.39. The van der Waals surface area contributed by atoms with Crippen molar-refractivity contribution in [3.05, 3.63) is 52.2 Å². The standard InChI is InChI=1S/C19H25N3O4S2/c1-20-28(24,25)22-11-9-19(10-12-22,17-8-5-13-27-17)14-21-18(23)15-6-3-4-7-16(15)26-2/h3-8,13,20H,9-12,14H2,1-2H3,(H,21,23). The lowest BCUT2D eigenvalue weighted by atomic mass is 9.77. The van der Waals surface area contributed by atoms with Crippen LogP contribution in [-0.4, -0.2) is 52.4 Å². The van der Waals surface area contributed by atoms with Crippen LogP contribution in [0.2, 0.25) is 0 Å². The second-order valence-corrected chi connectivity index (χ2v) is 9.57. The smallest absolute Gasteiger partial charge is 0.279 e. The fraction of sp³-hybridized carbons (Fsp3) is 0.421. The van der Waals surface area contributed by atoms with Gasteiger partial charge in [-0.3, -0.25) is 4.79 Å². The Morgan fingerprint density at radius 2 is 1.93 bits per heavy atom. The summed E-state index contributed by atoms with van der Waals surface area (Å²) in [4.78, 5) is 13.9.